The fourth-order valence-corrected chi connectivity index (χ4v) is 2.49. The Labute approximate surface area is 107 Å². The molecule has 2 N–H and O–H groups in total. The first-order chi connectivity index (χ1) is 8.18. The lowest BCUT2D eigenvalue weighted by Crippen LogP contribution is -2.43. The molecule has 0 rings (SSSR count). The molecule has 0 aromatic rings. The van der Waals surface area contributed by atoms with Gasteiger partial charge in [0, 0.05) is 0 Å². The third-order valence-corrected chi connectivity index (χ3v) is 3.48. The van der Waals surface area contributed by atoms with Gasteiger partial charge in [-0.25, -0.2) is 13.1 Å². The first kappa shape index (κ1) is 16.9. The summed E-state index contributed by atoms with van der Waals surface area (Å²) in [6.45, 7) is 3.67. The summed E-state index contributed by atoms with van der Waals surface area (Å²) in [7, 11) is -2.64. The second-order valence-electron chi connectivity index (χ2n) is 4.29. The monoisotopic (exact) mass is 281 g/mol. The van der Waals surface area contributed by atoms with Crippen LogP contribution in [-0.2, 0) is 24.3 Å². The molecule has 7 nitrogen and oxygen atoms in total. The van der Waals surface area contributed by atoms with Crippen LogP contribution in [-0.4, -0.2) is 44.4 Å². The fourth-order valence-electron chi connectivity index (χ4n) is 1.30. The van der Waals surface area contributed by atoms with Crippen molar-refractivity contribution in [3.8, 4) is 0 Å². The van der Waals surface area contributed by atoms with Crippen LogP contribution in [0.4, 0.5) is 0 Å². The Morgan fingerprint density at radius 2 is 1.89 bits per heavy atom. The zero-order chi connectivity index (χ0) is 14.3. The smallest absolute Gasteiger partial charge is 0.323 e. The zero-order valence-corrected chi connectivity index (χ0v) is 11.5. The Morgan fingerprint density at radius 1 is 1.33 bits per heavy atom. The largest absolute Gasteiger partial charge is 0.481 e. The van der Waals surface area contributed by atoms with Crippen LogP contribution in [0.15, 0.2) is 0 Å². The highest BCUT2D eigenvalue weighted by Crippen LogP contribution is 2.08. The van der Waals surface area contributed by atoms with Crippen molar-refractivity contribution in [2.24, 2.45) is 5.92 Å². The molecule has 0 aliphatic rings. The summed E-state index contributed by atoms with van der Waals surface area (Å²) in [6, 6.07) is -0.978. The van der Waals surface area contributed by atoms with Crippen LogP contribution in [0.3, 0.4) is 0 Å². The van der Waals surface area contributed by atoms with Gasteiger partial charge in [-0.2, -0.15) is 0 Å². The minimum absolute atomic E-state index is 0.0938. The third-order valence-electron chi connectivity index (χ3n) is 2.10. The number of carbonyl (C=O) groups is 2. The minimum Gasteiger partial charge on any atom is -0.481 e. The molecule has 0 saturated heterocycles. The van der Waals surface area contributed by atoms with Crippen LogP contribution >= 0.6 is 0 Å². The molecule has 0 aliphatic carbocycles. The Balaban J connectivity index is 4.65. The number of esters is 1. The van der Waals surface area contributed by atoms with E-state index in [0.29, 0.717) is 6.42 Å². The van der Waals surface area contributed by atoms with E-state index in [-0.39, 0.29) is 5.92 Å². The van der Waals surface area contributed by atoms with E-state index in [9.17, 15) is 18.0 Å². The van der Waals surface area contributed by atoms with Crippen molar-refractivity contribution >= 4 is 22.0 Å². The number of ether oxygens (including phenoxy) is 1. The molecule has 0 heterocycles. The number of methoxy groups -OCH3 is 1. The number of sulfonamides is 1. The van der Waals surface area contributed by atoms with E-state index < -0.39 is 40.2 Å². The number of nitrogens with one attached hydrogen (secondary N) is 1. The van der Waals surface area contributed by atoms with E-state index in [1.807, 2.05) is 13.8 Å². The summed E-state index contributed by atoms with van der Waals surface area (Å²) in [4.78, 5) is 21.7. The van der Waals surface area contributed by atoms with E-state index >= 15 is 0 Å². The van der Waals surface area contributed by atoms with Crippen molar-refractivity contribution in [2.75, 3.05) is 12.9 Å². The van der Waals surface area contributed by atoms with Gasteiger partial charge in [-0.3, -0.25) is 9.59 Å². The molecule has 0 spiro atoms. The summed E-state index contributed by atoms with van der Waals surface area (Å²) in [6.07, 6.45) is -0.218. The third kappa shape index (κ3) is 7.23. The maximum absolute atomic E-state index is 11.6. The Morgan fingerprint density at radius 3 is 2.28 bits per heavy atom. The molecule has 106 valence electrons. The normalized spacial score (nSPS) is 13.3. The zero-order valence-electron chi connectivity index (χ0n) is 10.7. The number of carbonyl (C=O) groups excluding carboxylic acids is 1. The number of hydrogen-bond donors (Lipinski definition) is 2. The van der Waals surface area contributed by atoms with Gasteiger partial charge in [-0.05, 0) is 12.3 Å². The summed E-state index contributed by atoms with van der Waals surface area (Å²) >= 11 is 0. The average Bonchev–Trinajstić information content (AvgIpc) is 2.23. The van der Waals surface area contributed by atoms with Gasteiger partial charge in [0.2, 0.25) is 10.0 Å². The summed E-state index contributed by atoms with van der Waals surface area (Å²) in [5, 5.41) is 8.43. The molecular formula is C10H19NO6S. The van der Waals surface area contributed by atoms with Crippen LogP contribution in [0.25, 0.3) is 0 Å². The Kier molecular flexibility index (Phi) is 6.85. The van der Waals surface area contributed by atoms with Crippen molar-refractivity contribution < 1.29 is 27.9 Å². The standard InChI is InChI=1S/C10H19NO6S/c1-7(2)6-8(10(14)17-3)11-18(15,16)5-4-9(12)13/h7-8,11H,4-6H2,1-3H3,(H,12,13). The maximum Gasteiger partial charge on any atom is 0.323 e. The van der Waals surface area contributed by atoms with E-state index in [0.717, 1.165) is 0 Å². The van der Waals surface area contributed by atoms with E-state index in [1.54, 1.807) is 0 Å². The van der Waals surface area contributed by atoms with E-state index in [1.165, 1.54) is 7.11 Å². The highest BCUT2D eigenvalue weighted by molar-refractivity contribution is 7.89. The first-order valence-electron chi connectivity index (χ1n) is 5.47. The second kappa shape index (κ2) is 7.32. The van der Waals surface area contributed by atoms with Gasteiger partial charge in [0.1, 0.15) is 6.04 Å². The van der Waals surface area contributed by atoms with Gasteiger partial charge in [-0.15, -0.1) is 0 Å². The summed E-state index contributed by atoms with van der Waals surface area (Å²) < 4.78 is 29.8. The molecule has 0 aliphatic heterocycles. The van der Waals surface area contributed by atoms with Crippen LogP contribution in [0, 0.1) is 5.92 Å². The molecule has 0 aromatic heterocycles. The van der Waals surface area contributed by atoms with Crippen molar-refractivity contribution in [1.29, 1.82) is 0 Å². The second-order valence-corrected chi connectivity index (χ2v) is 6.16. The lowest BCUT2D eigenvalue weighted by molar-refractivity contribution is -0.143. The fraction of sp³-hybridized carbons (Fsp3) is 0.800. The molecule has 0 aromatic carbocycles. The summed E-state index contributed by atoms with van der Waals surface area (Å²) in [5.74, 6) is -2.36. The van der Waals surface area contributed by atoms with Crippen molar-refractivity contribution in [3.05, 3.63) is 0 Å². The Bertz CT molecular complexity index is 389. The van der Waals surface area contributed by atoms with Gasteiger partial charge >= 0.3 is 11.9 Å². The molecular weight excluding hydrogens is 262 g/mol. The number of aliphatic carboxylic acids is 1. The van der Waals surface area contributed by atoms with E-state index in [4.69, 9.17) is 5.11 Å². The number of hydrogen-bond acceptors (Lipinski definition) is 5. The Hall–Kier alpha value is -1.15. The van der Waals surface area contributed by atoms with Crippen LogP contribution < -0.4 is 4.72 Å². The maximum atomic E-state index is 11.6. The SMILES string of the molecule is COC(=O)C(CC(C)C)NS(=O)(=O)CCC(=O)O. The number of rotatable bonds is 8. The molecule has 0 saturated carbocycles. The number of carboxylic acid groups (broad SMARTS) is 1. The van der Waals surface area contributed by atoms with Gasteiger partial charge < -0.3 is 9.84 Å². The van der Waals surface area contributed by atoms with Gasteiger partial charge in [-0.1, -0.05) is 13.8 Å². The van der Waals surface area contributed by atoms with Gasteiger partial charge in [0.25, 0.3) is 0 Å². The topological polar surface area (TPSA) is 110 Å². The van der Waals surface area contributed by atoms with Crippen LogP contribution in [0.1, 0.15) is 26.7 Å². The van der Waals surface area contributed by atoms with Gasteiger partial charge in [0.05, 0.1) is 19.3 Å². The quantitative estimate of drug-likeness (QED) is 0.604. The van der Waals surface area contributed by atoms with Crippen LogP contribution in [0.5, 0.6) is 0 Å². The average molecular weight is 281 g/mol. The molecule has 0 radical (unpaired) electrons. The minimum atomic E-state index is -3.81. The van der Waals surface area contributed by atoms with Gasteiger partial charge in [0.15, 0.2) is 0 Å². The molecule has 0 amide bonds. The highest BCUT2D eigenvalue weighted by atomic mass is 32.2. The van der Waals surface area contributed by atoms with Crippen molar-refractivity contribution in [3.63, 3.8) is 0 Å². The van der Waals surface area contributed by atoms with Crippen LogP contribution in [0.2, 0.25) is 0 Å². The van der Waals surface area contributed by atoms with E-state index in [2.05, 4.69) is 9.46 Å². The highest BCUT2D eigenvalue weighted by Gasteiger charge is 2.26. The predicted molar refractivity (Wildman–Crippen MR) is 64.4 cm³/mol. The predicted octanol–water partition coefficient (Wildman–Crippen LogP) is -0.0318. The number of carboxylic acids is 1. The summed E-state index contributed by atoms with van der Waals surface area (Å²) in [5.41, 5.74) is 0. The molecule has 18 heavy (non-hydrogen) atoms. The molecule has 0 bridgehead atoms. The molecule has 8 heteroatoms. The molecule has 1 atom stereocenters. The molecule has 1 unspecified atom stereocenters. The molecule has 0 fully saturated rings. The lowest BCUT2D eigenvalue weighted by atomic mass is 10.1. The first-order valence-corrected chi connectivity index (χ1v) is 7.12. The van der Waals surface area contributed by atoms with Crippen molar-refractivity contribution in [1.82, 2.24) is 4.72 Å². The van der Waals surface area contributed by atoms with Crippen molar-refractivity contribution in [2.45, 2.75) is 32.7 Å². The lowest BCUT2D eigenvalue weighted by Gasteiger charge is -2.18.